The number of likely N-dealkylation sites (N-methyl/N-ethyl adjacent to an activating group) is 1. The van der Waals surface area contributed by atoms with Gasteiger partial charge in [0.1, 0.15) is 36.8 Å². The molecule has 3 heterocycles. The number of hydrogen-bond acceptors (Lipinski definition) is 12. The fourth-order valence-corrected chi connectivity index (χ4v) is 9.35. The van der Waals surface area contributed by atoms with Crippen LogP contribution in [0.4, 0.5) is 5.69 Å². The van der Waals surface area contributed by atoms with Crippen molar-refractivity contribution in [2.24, 2.45) is 11.7 Å². The quantitative estimate of drug-likeness (QED) is 0.0211. The van der Waals surface area contributed by atoms with E-state index in [4.69, 9.17) is 11.1 Å². The lowest BCUT2D eigenvalue weighted by Gasteiger charge is -2.38. The number of fused-ring (bicyclic) bond motifs is 2. The van der Waals surface area contributed by atoms with Crippen LogP contribution in [0.15, 0.2) is 84.3 Å². The van der Waals surface area contributed by atoms with E-state index in [1.165, 1.54) is 32.8 Å². The van der Waals surface area contributed by atoms with Crippen LogP contribution in [0.2, 0.25) is 0 Å². The summed E-state index contributed by atoms with van der Waals surface area (Å²) < 4.78 is 1.14. The summed E-state index contributed by atoms with van der Waals surface area (Å²) in [4.78, 5) is 124. The summed E-state index contributed by atoms with van der Waals surface area (Å²) in [7, 11) is 1.47. The second-order valence-corrected chi connectivity index (χ2v) is 19.4. The molecule has 6 rings (SSSR count). The average molecular weight is 1060 g/mol. The molecule has 1 saturated heterocycles. The highest BCUT2D eigenvalue weighted by molar-refractivity contribution is 5.96. The Morgan fingerprint density at radius 2 is 1.47 bits per heavy atom. The molecule has 23 nitrogen and oxygen atoms in total. The van der Waals surface area contributed by atoms with Crippen LogP contribution in [-0.4, -0.2) is 142 Å². The molecule has 77 heavy (non-hydrogen) atoms. The maximum atomic E-state index is 14.3. The van der Waals surface area contributed by atoms with Gasteiger partial charge in [-0.1, -0.05) is 82.5 Å². The van der Waals surface area contributed by atoms with E-state index in [0.29, 0.717) is 55.9 Å². The Hall–Kier alpha value is -8.37. The zero-order valence-corrected chi connectivity index (χ0v) is 44.4. The number of rotatable bonds is 26. The second kappa shape index (κ2) is 28.0. The van der Waals surface area contributed by atoms with Crippen LogP contribution in [0.25, 0.3) is 21.7 Å². The number of nitrogens with zero attached hydrogens (tertiary/aromatic N) is 5. The van der Waals surface area contributed by atoms with Crippen molar-refractivity contribution < 1.29 is 33.6 Å². The van der Waals surface area contributed by atoms with Crippen LogP contribution < -0.4 is 53.4 Å². The zero-order chi connectivity index (χ0) is 55.6. The van der Waals surface area contributed by atoms with E-state index in [1.54, 1.807) is 17.0 Å². The van der Waals surface area contributed by atoms with Gasteiger partial charge in [0.15, 0.2) is 5.96 Å². The molecule has 2 aromatic heterocycles. The molecule has 0 spiro atoms. The third-order valence-electron chi connectivity index (χ3n) is 13.8. The first kappa shape index (κ1) is 57.9. The number of nitrogens with one attached hydrogen (secondary N) is 9. The number of H-pyrrole nitrogens is 1. The molecule has 1 aliphatic rings. The minimum atomic E-state index is -1.25. The lowest BCUT2D eigenvalue weighted by Crippen LogP contribution is -2.58. The van der Waals surface area contributed by atoms with Gasteiger partial charge in [0.05, 0.1) is 23.6 Å². The van der Waals surface area contributed by atoms with Gasteiger partial charge in [0.25, 0.3) is 5.56 Å². The maximum absolute atomic E-state index is 14.3. The van der Waals surface area contributed by atoms with Crippen LogP contribution in [0.5, 0.6) is 0 Å². The standard InChI is InChI=1S/C54H73N15O8/c1-6-8-17-43(64-51(75)47(33(3)7-2)62-34(4)70)53(77)68-24-22-67(23-25-68)38-19-20-41-40(28-38)52(76)69(32-61-41)30-46(71)63-42(18-12-21-59-54(55)56)49(73)66-45(27-37-29-58-31-60-37)50(74)65-44(48(72)57-5)26-36-15-11-14-35-13-9-10-16-39(35)36/h9-11,13-16,19-20,28-29,31-33,42-45,47H,6-8,12,17-18,21-27,30H2,1-5H3,(H,57,72)(H,58,60)(H,62,70)(H,63,71)(H,64,75)(H,65,74)(H,66,73)(H4,55,56,59)/t33-,42-,43-,44-,45-,47-/m0/s1. The van der Waals surface area contributed by atoms with Gasteiger partial charge < -0.3 is 57.7 Å². The van der Waals surface area contributed by atoms with E-state index in [1.807, 2.05) is 74.2 Å². The van der Waals surface area contributed by atoms with Gasteiger partial charge in [-0.2, -0.15) is 0 Å². The van der Waals surface area contributed by atoms with Crippen molar-refractivity contribution in [2.45, 2.75) is 116 Å². The maximum Gasteiger partial charge on any atom is 0.261 e. The topological polar surface area (TPSA) is 324 Å². The number of unbranched alkanes of at least 4 members (excludes halogenated alkanes) is 1. The number of guanidine groups is 1. The fraction of sp³-hybridized carbons (Fsp3) is 0.463. The minimum Gasteiger partial charge on any atom is -0.370 e. The highest BCUT2D eigenvalue weighted by Crippen LogP contribution is 2.23. The first-order valence-electron chi connectivity index (χ1n) is 26.2. The number of amides is 7. The summed E-state index contributed by atoms with van der Waals surface area (Å²) in [6.07, 6.45) is 7.23. The molecule has 6 atom stereocenters. The number of imidazole rings is 1. The molecule has 3 aromatic carbocycles. The van der Waals surface area contributed by atoms with Crippen molar-refractivity contribution >= 4 is 74.7 Å². The molecule has 1 aliphatic heterocycles. The van der Waals surface area contributed by atoms with E-state index in [2.05, 4.69) is 52.2 Å². The number of aromatic amines is 1. The smallest absolute Gasteiger partial charge is 0.261 e. The Balaban J connectivity index is 1.14. The fourth-order valence-electron chi connectivity index (χ4n) is 9.35. The van der Waals surface area contributed by atoms with Gasteiger partial charge in [0.2, 0.25) is 41.4 Å². The Labute approximate surface area is 447 Å². The highest BCUT2D eigenvalue weighted by atomic mass is 16.2. The van der Waals surface area contributed by atoms with Crippen molar-refractivity contribution in [3.8, 4) is 0 Å². The molecule has 0 radical (unpaired) electrons. The summed E-state index contributed by atoms with van der Waals surface area (Å²) in [5, 5.41) is 29.0. The van der Waals surface area contributed by atoms with Crippen LogP contribution >= 0.6 is 0 Å². The first-order chi connectivity index (χ1) is 37.0. The molecule has 0 bridgehead atoms. The number of carbonyl (C=O) groups excluding carboxylic acids is 7. The molecule has 0 aliphatic carbocycles. The summed E-state index contributed by atoms with van der Waals surface area (Å²) in [5.41, 5.74) is 7.42. The lowest BCUT2D eigenvalue weighted by molar-refractivity contribution is -0.138. The highest BCUT2D eigenvalue weighted by Gasteiger charge is 2.34. The Morgan fingerprint density at radius 3 is 2.14 bits per heavy atom. The van der Waals surface area contributed by atoms with E-state index < -0.39 is 71.8 Å². The van der Waals surface area contributed by atoms with E-state index in [-0.39, 0.29) is 61.3 Å². The molecule has 23 heteroatoms. The predicted octanol–water partition coefficient (Wildman–Crippen LogP) is 1.10. The van der Waals surface area contributed by atoms with Gasteiger partial charge in [-0.15, -0.1) is 0 Å². The summed E-state index contributed by atoms with van der Waals surface area (Å²) in [6.45, 7) is 8.42. The van der Waals surface area contributed by atoms with Crippen LogP contribution in [0.3, 0.4) is 0 Å². The molecule has 7 amide bonds. The molecule has 412 valence electrons. The summed E-state index contributed by atoms with van der Waals surface area (Å²) in [6, 6.07) is 13.6. The summed E-state index contributed by atoms with van der Waals surface area (Å²) >= 11 is 0. The molecular weight excluding hydrogens is 987 g/mol. The third-order valence-corrected chi connectivity index (χ3v) is 13.8. The third kappa shape index (κ3) is 16.1. The monoisotopic (exact) mass is 1060 g/mol. The molecule has 5 aromatic rings. The Kier molecular flexibility index (Phi) is 21.0. The first-order valence-corrected chi connectivity index (χ1v) is 26.2. The molecule has 11 N–H and O–H groups in total. The predicted molar refractivity (Wildman–Crippen MR) is 292 cm³/mol. The lowest BCUT2D eigenvalue weighted by atomic mass is 9.97. The second-order valence-electron chi connectivity index (χ2n) is 19.4. The number of benzene rings is 3. The number of piperazine rings is 1. The number of aromatic nitrogens is 4. The Morgan fingerprint density at radius 1 is 0.779 bits per heavy atom. The van der Waals surface area contributed by atoms with Crippen molar-refractivity contribution in [1.82, 2.24) is 61.6 Å². The van der Waals surface area contributed by atoms with E-state index in [9.17, 15) is 38.4 Å². The molecular formula is C54H73N15O8. The average Bonchev–Trinajstić information content (AvgIpc) is 3.95. The van der Waals surface area contributed by atoms with Gasteiger partial charge in [-0.25, -0.2) is 9.97 Å². The van der Waals surface area contributed by atoms with Crippen molar-refractivity contribution in [2.75, 3.05) is 44.7 Å². The minimum absolute atomic E-state index is 0.0383. The normalized spacial score (nSPS) is 14.8. The van der Waals surface area contributed by atoms with Crippen LogP contribution in [-0.2, 0) is 52.9 Å². The van der Waals surface area contributed by atoms with Crippen LogP contribution in [0, 0.1) is 11.3 Å². The summed E-state index contributed by atoms with van der Waals surface area (Å²) in [5.74, 6) is -3.88. The van der Waals surface area contributed by atoms with Crippen molar-refractivity contribution in [1.29, 1.82) is 5.41 Å². The SMILES string of the molecule is CCCC[C@H](NC(=O)[C@@H](NC(C)=O)[C@@H](C)CC)C(=O)N1CCN(c2ccc3ncn(CC(=O)N[C@@H](CCCNC(=N)N)C(=O)N[C@@H](Cc4cnc[nH]4)C(=O)N[C@@H](Cc4cccc5ccccc45)C(=O)NC)c(=O)c3c2)CC1. The van der Waals surface area contributed by atoms with Crippen molar-refractivity contribution in [3.05, 3.63) is 101 Å². The number of nitrogens with two attached hydrogens (primary N) is 1. The Bertz CT molecular complexity index is 2930. The van der Waals surface area contributed by atoms with Gasteiger partial charge in [-0.05, 0) is 59.7 Å². The number of anilines is 1. The van der Waals surface area contributed by atoms with E-state index >= 15 is 0 Å². The molecule has 0 saturated carbocycles. The van der Waals surface area contributed by atoms with E-state index in [0.717, 1.165) is 33.7 Å². The number of hydrogen-bond donors (Lipinski definition) is 10. The number of carbonyl (C=O) groups is 7. The van der Waals surface area contributed by atoms with Gasteiger partial charge >= 0.3 is 0 Å². The van der Waals surface area contributed by atoms with Gasteiger partial charge in [0, 0.05) is 77.1 Å². The molecule has 1 fully saturated rings. The largest absolute Gasteiger partial charge is 0.370 e. The van der Waals surface area contributed by atoms with Gasteiger partial charge in [-0.3, -0.25) is 48.3 Å². The molecule has 0 unspecified atom stereocenters. The van der Waals surface area contributed by atoms with Crippen LogP contribution in [0.1, 0.15) is 77.5 Å². The van der Waals surface area contributed by atoms with Crippen molar-refractivity contribution in [3.63, 3.8) is 0 Å². The zero-order valence-electron chi connectivity index (χ0n) is 44.4.